The number of nitrogen functional groups attached to an aromatic ring is 1. The van der Waals surface area contributed by atoms with Gasteiger partial charge in [0.25, 0.3) is 0 Å². The van der Waals surface area contributed by atoms with Gasteiger partial charge in [-0.05, 0) is 42.5 Å². The van der Waals surface area contributed by atoms with Gasteiger partial charge in [-0.25, -0.2) is 9.36 Å². The Hall–Kier alpha value is -3.47. The predicted octanol–water partition coefficient (Wildman–Crippen LogP) is 3.55. The number of nitrogens with two attached hydrogens (primary N) is 1. The van der Waals surface area contributed by atoms with Crippen molar-refractivity contribution in [1.29, 1.82) is 0 Å². The van der Waals surface area contributed by atoms with Gasteiger partial charge in [0.2, 0.25) is 0 Å². The molecule has 1 aromatic carbocycles. The third kappa shape index (κ3) is 8.51. The number of hydrogen-bond donors (Lipinski definition) is 3. The normalized spacial score (nSPS) is 20.0. The van der Waals surface area contributed by atoms with E-state index in [1.807, 2.05) is 13.8 Å². The molecule has 0 radical (unpaired) electrons. The number of aromatic nitrogens is 2. The van der Waals surface area contributed by atoms with Gasteiger partial charge in [-0.3, -0.25) is 18.7 Å². The minimum absolute atomic E-state index is 0.0182. The smallest absolute Gasteiger partial charge is 0.459 e. The zero-order valence-electron chi connectivity index (χ0n) is 22.4. The molecule has 39 heavy (non-hydrogen) atoms. The van der Waals surface area contributed by atoms with Gasteiger partial charge in [0.1, 0.15) is 24.2 Å². The molecule has 1 aliphatic carbocycles. The van der Waals surface area contributed by atoms with Crippen LogP contribution in [0, 0.1) is 17.3 Å². The second kappa shape index (κ2) is 12.6. The minimum atomic E-state index is -4.25. The first-order valence-electron chi connectivity index (χ1n) is 12.5. The van der Waals surface area contributed by atoms with E-state index in [0.29, 0.717) is 12.0 Å². The van der Waals surface area contributed by atoms with Crippen LogP contribution in [0.4, 0.5) is 5.82 Å². The highest BCUT2D eigenvalue weighted by atomic mass is 31.2. The Bertz CT molecular complexity index is 1310. The second-order valence-electron chi connectivity index (χ2n) is 10.2. The lowest BCUT2D eigenvalue weighted by atomic mass is 10.1. The molecule has 3 atom stereocenters. The quantitative estimate of drug-likeness (QED) is 0.227. The molecule has 1 fully saturated rings. The molecule has 4 N–H and O–H groups in total. The number of anilines is 1. The van der Waals surface area contributed by atoms with E-state index in [-0.39, 0.29) is 43.0 Å². The van der Waals surface area contributed by atoms with Crippen LogP contribution in [-0.4, -0.2) is 45.9 Å². The van der Waals surface area contributed by atoms with Gasteiger partial charge in [0.15, 0.2) is 0 Å². The van der Waals surface area contributed by atoms with E-state index in [1.54, 1.807) is 44.2 Å². The first kappa shape index (κ1) is 30.1. The number of hydrogen-bond acceptors (Lipinski definition) is 9. The summed E-state index contributed by atoms with van der Waals surface area (Å²) in [6.07, 6.45) is 3.53. The lowest BCUT2D eigenvalue weighted by molar-refractivity contribution is -0.149. The molecule has 2 aromatic rings. The van der Waals surface area contributed by atoms with E-state index in [1.165, 1.54) is 23.0 Å². The molecule has 2 unspecified atom stereocenters. The fourth-order valence-corrected chi connectivity index (χ4v) is 5.28. The summed E-state index contributed by atoms with van der Waals surface area (Å²) in [7, 11) is -4.25. The number of nitrogens with one attached hydrogen (secondary N) is 1. The van der Waals surface area contributed by atoms with Crippen molar-refractivity contribution in [3.8, 4) is 5.75 Å². The van der Waals surface area contributed by atoms with Gasteiger partial charge in [0.05, 0.1) is 17.9 Å². The van der Waals surface area contributed by atoms with E-state index in [0.717, 1.165) is 0 Å². The molecule has 13 heteroatoms. The van der Waals surface area contributed by atoms with Crippen molar-refractivity contribution in [3.63, 3.8) is 0 Å². The van der Waals surface area contributed by atoms with Gasteiger partial charge in [-0.2, -0.15) is 10.1 Å². The number of aliphatic carboxylic acids is 1. The molecule has 0 saturated heterocycles. The van der Waals surface area contributed by atoms with Gasteiger partial charge < -0.3 is 20.1 Å². The molecular formula is C26H35N4O8P. The van der Waals surface area contributed by atoms with Gasteiger partial charge in [-0.1, -0.05) is 45.9 Å². The number of rotatable bonds is 14. The Kier molecular flexibility index (Phi) is 9.71. The molecule has 212 valence electrons. The zero-order valence-corrected chi connectivity index (χ0v) is 23.3. The molecule has 1 aliphatic rings. The summed E-state index contributed by atoms with van der Waals surface area (Å²) in [5, 5.41) is 12.3. The molecule has 0 amide bonds. The molecule has 0 aliphatic heterocycles. The molecule has 1 aromatic heterocycles. The van der Waals surface area contributed by atoms with Crippen LogP contribution < -0.4 is 21.0 Å². The van der Waals surface area contributed by atoms with Crippen LogP contribution in [0.3, 0.4) is 0 Å². The van der Waals surface area contributed by atoms with Crippen LogP contribution in [0.15, 0.2) is 53.0 Å². The fourth-order valence-electron chi connectivity index (χ4n) is 3.69. The van der Waals surface area contributed by atoms with E-state index in [4.69, 9.17) is 19.5 Å². The molecular weight excluding hydrogens is 527 g/mol. The monoisotopic (exact) mass is 562 g/mol. The van der Waals surface area contributed by atoms with Gasteiger partial charge in [-0.15, -0.1) is 0 Å². The average Bonchev–Trinajstić information content (AvgIpc) is 3.55. The second-order valence-corrected chi connectivity index (χ2v) is 11.9. The van der Waals surface area contributed by atoms with Crippen molar-refractivity contribution in [2.24, 2.45) is 17.3 Å². The maximum Gasteiger partial charge on any atom is 0.459 e. The van der Waals surface area contributed by atoms with Crippen LogP contribution in [0.25, 0.3) is 6.20 Å². The Morgan fingerprint density at radius 2 is 1.90 bits per heavy atom. The Labute approximate surface area is 226 Å². The largest absolute Gasteiger partial charge is 0.480 e. The highest BCUT2D eigenvalue weighted by Crippen LogP contribution is 2.56. The SMILES string of the molecule is CC(C)C[C@H](NP(=O)(OCC1(COC(=O)C(C)C)C/C1=C/n1ccc(N)nc1=O)Oc1ccccc1)C(=O)O. The van der Waals surface area contributed by atoms with Crippen LogP contribution in [0.5, 0.6) is 5.75 Å². The Morgan fingerprint density at radius 3 is 2.49 bits per heavy atom. The van der Waals surface area contributed by atoms with E-state index < -0.39 is 36.8 Å². The predicted molar refractivity (Wildman–Crippen MR) is 145 cm³/mol. The first-order valence-corrected chi connectivity index (χ1v) is 14.1. The molecule has 1 heterocycles. The summed E-state index contributed by atoms with van der Waals surface area (Å²) < 4.78 is 32.2. The third-order valence-electron chi connectivity index (χ3n) is 5.99. The number of nitrogens with zero attached hydrogens (tertiary/aromatic N) is 2. The number of carbonyl (C=O) groups is 2. The number of carboxylic acids is 1. The summed E-state index contributed by atoms with van der Waals surface area (Å²) in [5.74, 6) is -1.74. The standard InChI is InChI=1S/C26H35N4O8P/c1-17(2)12-21(23(31)32)29-39(35,38-20-8-6-5-7-9-20)37-16-26(15-36-24(33)18(3)4)13-19(26)14-30-11-10-22(27)28-25(30)34/h5-11,14,17-18,21H,12-13,15-16H2,1-4H3,(H,29,35)(H,31,32)(H2,27,28,34)/b19-14-/t21-,26?,39?/m0/s1. The van der Waals surface area contributed by atoms with Crippen LogP contribution >= 0.6 is 7.75 Å². The summed E-state index contributed by atoms with van der Waals surface area (Å²) in [4.78, 5) is 40.1. The zero-order chi connectivity index (χ0) is 28.8. The van der Waals surface area contributed by atoms with E-state index >= 15 is 0 Å². The van der Waals surface area contributed by atoms with E-state index in [2.05, 4.69) is 10.1 Å². The topological polar surface area (TPSA) is 172 Å². The average molecular weight is 563 g/mol. The summed E-state index contributed by atoms with van der Waals surface area (Å²) >= 11 is 0. The lowest BCUT2D eigenvalue weighted by Gasteiger charge is -2.26. The van der Waals surface area contributed by atoms with Crippen molar-refractivity contribution < 1.29 is 33.0 Å². The van der Waals surface area contributed by atoms with Crippen LogP contribution in [0.1, 0.15) is 40.5 Å². The third-order valence-corrected chi connectivity index (χ3v) is 7.54. The molecule has 3 rings (SSSR count). The first-order chi connectivity index (χ1) is 18.3. The number of carboxylic acid groups (broad SMARTS) is 1. The number of ether oxygens (including phenoxy) is 1. The van der Waals surface area contributed by atoms with Gasteiger partial charge in [0, 0.05) is 12.4 Å². The van der Waals surface area contributed by atoms with Crippen molar-refractivity contribution in [2.45, 2.75) is 46.6 Å². The summed E-state index contributed by atoms with van der Waals surface area (Å²) in [6, 6.07) is 8.49. The highest BCUT2D eigenvalue weighted by Gasteiger charge is 2.52. The van der Waals surface area contributed by atoms with Gasteiger partial charge >= 0.3 is 25.4 Å². The van der Waals surface area contributed by atoms with Crippen LogP contribution in [-0.2, 0) is 23.4 Å². The van der Waals surface area contributed by atoms with Crippen LogP contribution in [0.2, 0.25) is 0 Å². The molecule has 1 saturated carbocycles. The van der Waals surface area contributed by atoms with Crippen molar-refractivity contribution in [2.75, 3.05) is 18.9 Å². The molecule has 0 spiro atoms. The maximum atomic E-state index is 13.9. The van der Waals surface area contributed by atoms with Crippen molar-refractivity contribution in [3.05, 3.63) is 58.7 Å². The highest BCUT2D eigenvalue weighted by molar-refractivity contribution is 7.52. The van der Waals surface area contributed by atoms with Crippen molar-refractivity contribution >= 4 is 31.7 Å². The molecule has 0 bridgehead atoms. The Morgan fingerprint density at radius 1 is 1.21 bits per heavy atom. The molecule has 12 nitrogen and oxygen atoms in total. The number of para-hydroxylation sites is 1. The Balaban J connectivity index is 1.89. The fraction of sp³-hybridized carbons (Fsp3) is 0.462. The number of benzene rings is 1. The van der Waals surface area contributed by atoms with E-state index in [9.17, 15) is 24.1 Å². The lowest BCUT2D eigenvalue weighted by Crippen LogP contribution is -2.38. The van der Waals surface area contributed by atoms with Crippen molar-refractivity contribution in [1.82, 2.24) is 14.6 Å². The number of esters is 1. The summed E-state index contributed by atoms with van der Waals surface area (Å²) in [5.41, 5.74) is 4.73. The maximum absolute atomic E-state index is 13.9. The minimum Gasteiger partial charge on any atom is -0.480 e. The summed E-state index contributed by atoms with van der Waals surface area (Å²) in [6.45, 7) is 6.73. The number of carbonyl (C=O) groups excluding carboxylic acids is 1.